The molecule has 1 fully saturated rings. The Hall–Kier alpha value is -0.610. The van der Waals surface area contributed by atoms with Gasteiger partial charge in [0.25, 0.3) is 0 Å². The second kappa shape index (κ2) is 4.42. The van der Waals surface area contributed by atoms with Crippen molar-refractivity contribution in [2.45, 2.75) is 19.4 Å². The lowest BCUT2D eigenvalue weighted by atomic mass is 10.00. The first-order chi connectivity index (χ1) is 5.74. The van der Waals surface area contributed by atoms with E-state index >= 15 is 0 Å². The van der Waals surface area contributed by atoms with Gasteiger partial charge in [0.15, 0.2) is 0 Å². The molecule has 2 unspecified atom stereocenters. The minimum atomic E-state index is -0.134. The van der Waals surface area contributed by atoms with Crippen LogP contribution in [0.15, 0.2) is 0 Å². The van der Waals surface area contributed by atoms with Gasteiger partial charge in [0, 0.05) is 19.4 Å². The van der Waals surface area contributed by atoms with E-state index in [1.807, 2.05) is 0 Å². The maximum Gasteiger partial charge on any atom is 0.217 e. The third-order valence-electron chi connectivity index (χ3n) is 2.12. The number of hydrogen-bond acceptors (Lipinski definition) is 3. The van der Waals surface area contributed by atoms with Crippen LogP contribution in [0.5, 0.6) is 0 Å². The summed E-state index contributed by atoms with van der Waals surface area (Å²) in [5, 5.41) is 11.7. The molecule has 2 atom stereocenters. The molecule has 4 heteroatoms. The quantitative estimate of drug-likeness (QED) is 0.606. The Morgan fingerprint density at radius 1 is 1.83 bits per heavy atom. The highest BCUT2D eigenvalue weighted by molar-refractivity contribution is 5.73. The third-order valence-corrected chi connectivity index (χ3v) is 2.12. The van der Waals surface area contributed by atoms with E-state index in [0.717, 1.165) is 13.0 Å². The first-order valence-corrected chi connectivity index (χ1v) is 4.19. The average Bonchev–Trinajstić information content (AvgIpc) is 2.51. The molecule has 0 radical (unpaired) electrons. The van der Waals surface area contributed by atoms with Crippen molar-refractivity contribution < 1.29 is 14.6 Å². The lowest BCUT2D eigenvalue weighted by Crippen LogP contribution is -2.42. The van der Waals surface area contributed by atoms with E-state index in [2.05, 4.69) is 5.32 Å². The van der Waals surface area contributed by atoms with Gasteiger partial charge in [-0.25, -0.2) is 0 Å². The van der Waals surface area contributed by atoms with Crippen molar-refractivity contribution in [1.82, 2.24) is 5.32 Å². The van der Waals surface area contributed by atoms with Crippen LogP contribution in [0.3, 0.4) is 0 Å². The third kappa shape index (κ3) is 2.46. The topological polar surface area (TPSA) is 58.6 Å². The highest BCUT2D eigenvalue weighted by Gasteiger charge is 2.25. The maximum absolute atomic E-state index is 10.7. The van der Waals surface area contributed by atoms with Crippen LogP contribution in [0.25, 0.3) is 0 Å². The van der Waals surface area contributed by atoms with Crippen LogP contribution in [0.1, 0.15) is 13.3 Å². The van der Waals surface area contributed by atoms with E-state index in [-0.39, 0.29) is 24.5 Å². The highest BCUT2D eigenvalue weighted by Crippen LogP contribution is 2.16. The molecule has 0 aromatic heterocycles. The van der Waals surface area contributed by atoms with E-state index in [9.17, 15) is 4.79 Å². The number of aliphatic hydroxyl groups is 1. The summed E-state index contributed by atoms with van der Waals surface area (Å²) in [4.78, 5) is 10.7. The number of amides is 1. The van der Waals surface area contributed by atoms with Crippen LogP contribution < -0.4 is 5.32 Å². The monoisotopic (exact) mass is 173 g/mol. The molecule has 0 aromatic rings. The molecule has 2 N–H and O–H groups in total. The van der Waals surface area contributed by atoms with Gasteiger partial charge in [-0.2, -0.15) is 0 Å². The molecule has 1 aliphatic rings. The summed E-state index contributed by atoms with van der Waals surface area (Å²) in [6.45, 7) is 2.83. The van der Waals surface area contributed by atoms with E-state index in [1.165, 1.54) is 6.92 Å². The molecular weight excluding hydrogens is 158 g/mol. The number of hydrogen-bond donors (Lipinski definition) is 2. The highest BCUT2D eigenvalue weighted by atomic mass is 16.5. The fourth-order valence-corrected chi connectivity index (χ4v) is 1.44. The van der Waals surface area contributed by atoms with Gasteiger partial charge in [0.2, 0.25) is 5.91 Å². The summed E-state index contributed by atoms with van der Waals surface area (Å²) < 4.78 is 5.16. The molecule has 0 saturated carbocycles. The van der Waals surface area contributed by atoms with Gasteiger partial charge in [-0.3, -0.25) is 4.79 Å². The molecule has 4 nitrogen and oxygen atoms in total. The Labute approximate surface area is 71.9 Å². The molecule has 12 heavy (non-hydrogen) atoms. The molecule has 1 rings (SSSR count). The molecule has 1 heterocycles. The largest absolute Gasteiger partial charge is 0.394 e. The number of ether oxygens (including phenoxy) is 1. The Balaban J connectivity index is 2.37. The van der Waals surface area contributed by atoms with Gasteiger partial charge in [-0.15, -0.1) is 0 Å². The van der Waals surface area contributed by atoms with Crippen LogP contribution in [-0.2, 0) is 9.53 Å². The fourth-order valence-electron chi connectivity index (χ4n) is 1.44. The number of aliphatic hydroxyl groups excluding tert-OH is 1. The smallest absolute Gasteiger partial charge is 0.217 e. The van der Waals surface area contributed by atoms with Gasteiger partial charge in [-0.05, 0) is 6.42 Å². The van der Waals surface area contributed by atoms with Crippen molar-refractivity contribution in [3.05, 3.63) is 0 Å². The van der Waals surface area contributed by atoms with Crippen LogP contribution >= 0.6 is 0 Å². The molecule has 0 aromatic carbocycles. The Bertz CT molecular complexity index is 154. The van der Waals surface area contributed by atoms with Gasteiger partial charge in [-0.1, -0.05) is 0 Å². The Kier molecular flexibility index (Phi) is 3.49. The summed E-state index contributed by atoms with van der Waals surface area (Å²) in [5.74, 6) is 0.180. The summed E-state index contributed by atoms with van der Waals surface area (Å²) in [6, 6.07) is -0.134. The SMILES string of the molecule is CC(=O)NC(CO)C1CCOC1. The van der Waals surface area contributed by atoms with Crippen LogP contribution in [-0.4, -0.2) is 36.9 Å². The van der Waals surface area contributed by atoms with Gasteiger partial charge < -0.3 is 15.2 Å². The molecule has 1 aliphatic heterocycles. The van der Waals surface area contributed by atoms with Crippen LogP contribution in [0.4, 0.5) is 0 Å². The van der Waals surface area contributed by atoms with Gasteiger partial charge in [0.1, 0.15) is 0 Å². The lowest BCUT2D eigenvalue weighted by Gasteiger charge is -2.20. The van der Waals surface area contributed by atoms with E-state index in [4.69, 9.17) is 9.84 Å². The van der Waals surface area contributed by atoms with E-state index in [0.29, 0.717) is 6.61 Å². The van der Waals surface area contributed by atoms with Crippen molar-refractivity contribution in [1.29, 1.82) is 0 Å². The van der Waals surface area contributed by atoms with Crippen LogP contribution in [0.2, 0.25) is 0 Å². The Morgan fingerprint density at radius 2 is 2.58 bits per heavy atom. The minimum absolute atomic E-state index is 0.00634. The number of rotatable bonds is 3. The first kappa shape index (κ1) is 9.48. The lowest BCUT2D eigenvalue weighted by molar-refractivity contribution is -0.120. The molecule has 0 aliphatic carbocycles. The zero-order valence-electron chi connectivity index (χ0n) is 7.25. The zero-order valence-corrected chi connectivity index (χ0v) is 7.25. The first-order valence-electron chi connectivity index (χ1n) is 4.19. The molecule has 1 saturated heterocycles. The second-order valence-corrected chi connectivity index (χ2v) is 3.11. The summed E-state index contributed by atoms with van der Waals surface area (Å²) >= 11 is 0. The summed E-state index contributed by atoms with van der Waals surface area (Å²) in [7, 11) is 0. The zero-order chi connectivity index (χ0) is 8.97. The predicted molar refractivity (Wildman–Crippen MR) is 43.6 cm³/mol. The number of carbonyl (C=O) groups is 1. The molecule has 1 amide bonds. The van der Waals surface area contributed by atoms with E-state index in [1.54, 1.807) is 0 Å². The maximum atomic E-state index is 10.7. The standard InChI is InChI=1S/C8H15NO3/c1-6(11)9-8(4-10)7-2-3-12-5-7/h7-8,10H,2-5H2,1H3,(H,9,11). The Morgan fingerprint density at radius 3 is 3.00 bits per heavy atom. The second-order valence-electron chi connectivity index (χ2n) is 3.11. The van der Waals surface area contributed by atoms with E-state index < -0.39 is 0 Å². The number of carbonyl (C=O) groups excluding carboxylic acids is 1. The molecule has 0 bridgehead atoms. The van der Waals surface area contributed by atoms with Crippen molar-refractivity contribution in [2.24, 2.45) is 5.92 Å². The average molecular weight is 173 g/mol. The minimum Gasteiger partial charge on any atom is -0.394 e. The predicted octanol–water partition coefficient (Wildman–Crippen LogP) is -0.480. The fraction of sp³-hybridized carbons (Fsp3) is 0.875. The van der Waals surface area contributed by atoms with Crippen molar-refractivity contribution in [2.75, 3.05) is 19.8 Å². The molecule has 0 spiro atoms. The summed E-state index contributed by atoms with van der Waals surface area (Å²) in [5.41, 5.74) is 0. The molecular formula is C8H15NO3. The van der Waals surface area contributed by atoms with Crippen molar-refractivity contribution >= 4 is 5.91 Å². The number of nitrogens with one attached hydrogen (secondary N) is 1. The van der Waals surface area contributed by atoms with Crippen molar-refractivity contribution in [3.63, 3.8) is 0 Å². The van der Waals surface area contributed by atoms with Crippen molar-refractivity contribution in [3.8, 4) is 0 Å². The molecule has 70 valence electrons. The van der Waals surface area contributed by atoms with Gasteiger partial charge >= 0.3 is 0 Å². The van der Waals surface area contributed by atoms with Crippen LogP contribution in [0, 0.1) is 5.92 Å². The summed E-state index contributed by atoms with van der Waals surface area (Å²) in [6.07, 6.45) is 0.922. The van der Waals surface area contributed by atoms with Gasteiger partial charge in [0.05, 0.1) is 19.3 Å². The normalized spacial score (nSPS) is 25.3.